The number of nitrogens with one attached hydrogen (secondary N) is 1. The second-order valence-electron chi connectivity index (χ2n) is 5.99. The third-order valence-corrected chi connectivity index (χ3v) is 6.79. The second-order valence-corrected chi connectivity index (χ2v) is 8.74. The predicted octanol–water partition coefficient (Wildman–Crippen LogP) is 1.62. The highest BCUT2D eigenvalue weighted by Crippen LogP contribution is 2.13. The van der Waals surface area contributed by atoms with Crippen LogP contribution in [-0.2, 0) is 22.2 Å². The average molecular weight is 525 g/mol. The molecule has 1 aliphatic rings. The van der Waals surface area contributed by atoms with Crippen LogP contribution in [0.1, 0.15) is 11.3 Å². The summed E-state index contributed by atoms with van der Waals surface area (Å²) in [4.78, 5) is 6.42. The molecule has 27 heavy (non-hydrogen) atoms. The van der Waals surface area contributed by atoms with Gasteiger partial charge in [0.15, 0.2) is 5.96 Å². The van der Waals surface area contributed by atoms with Gasteiger partial charge in [-0.1, -0.05) is 5.16 Å². The van der Waals surface area contributed by atoms with Gasteiger partial charge in [-0.25, -0.2) is 8.42 Å². The maximum Gasteiger partial charge on any atom is 0.220 e. The molecule has 1 saturated heterocycles. The molecule has 0 aromatic carbocycles. The van der Waals surface area contributed by atoms with Crippen LogP contribution in [0.2, 0.25) is 0 Å². The van der Waals surface area contributed by atoms with Crippen molar-refractivity contribution in [2.24, 2.45) is 4.99 Å². The lowest BCUT2D eigenvalue weighted by atomic mass is 10.2. The van der Waals surface area contributed by atoms with Gasteiger partial charge in [0.2, 0.25) is 10.0 Å². The van der Waals surface area contributed by atoms with Crippen LogP contribution in [-0.4, -0.2) is 68.5 Å². The Bertz CT molecular complexity index is 801. The second kappa shape index (κ2) is 10.4. The summed E-state index contributed by atoms with van der Waals surface area (Å²) in [6, 6.07) is 3.70. The molecule has 0 aliphatic carbocycles. The van der Waals surface area contributed by atoms with Crippen LogP contribution >= 0.6 is 35.3 Å². The van der Waals surface area contributed by atoms with Gasteiger partial charge in [0.1, 0.15) is 12.0 Å². The number of rotatable bonds is 6. The van der Waals surface area contributed by atoms with Gasteiger partial charge in [-0.15, -0.1) is 24.0 Å². The van der Waals surface area contributed by atoms with Crippen molar-refractivity contribution in [2.45, 2.75) is 12.2 Å². The first-order valence-electron chi connectivity index (χ1n) is 8.42. The molecule has 2 aromatic heterocycles. The Morgan fingerprint density at radius 1 is 1.33 bits per heavy atom. The van der Waals surface area contributed by atoms with E-state index in [-0.39, 0.29) is 29.7 Å². The quantitative estimate of drug-likeness (QED) is 0.350. The summed E-state index contributed by atoms with van der Waals surface area (Å²) >= 11 is 1.69. The first-order valence-corrected chi connectivity index (χ1v) is 11.0. The molecule has 0 amide bonds. The van der Waals surface area contributed by atoms with Crippen molar-refractivity contribution in [2.75, 3.05) is 39.8 Å². The van der Waals surface area contributed by atoms with Crippen molar-refractivity contribution in [3.05, 3.63) is 40.4 Å². The molecule has 150 valence electrons. The van der Waals surface area contributed by atoms with E-state index < -0.39 is 10.0 Å². The predicted molar refractivity (Wildman–Crippen MR) is 117 cm³/mol. The smallest absolute Gasteiger partial charge is 0.220 e. The molecule has 3 rings (SSSR count). The molecule has 0 radical (unpaired) electrons. The number of piperazine rings is 1. The number of hydrogen-bond acceptors (Lipinski definition) is 6. The van der Waals surface area contributed by atoms with E-state index >= 15 is 0 Å². The minimum atomic E-state index is -3.38. The number of aliphatic imine (C=N–C) groups is 1. The molecule has 0 saturated carbocycles. The maximum absolute atomic E-state index is 12.5. The van der Waals surface area contributed by atoms with E-state index in [4.69, 9.17) is 4.52 Å². The molecule has 11 heteroatoms. The molecule has 8 nitrogen and oxygen atoms in total. The fourth-order valence-electron chi connectivity index (χ4n) is 2.85. The Labute approximate surface area is 180 Å². The normalized spacial score (nSPS) is 16.2. The molecule has 1 fully saturated rings. The molecule has 2 aromatic rings. The van der Waals surface area contributed by atoms with Crippen molar-refractivity contribution < 1.29 is 12.9 Å². The van der Waals surface area contributed by atoms with Crippen molar-refractivity contribution in [3.63, 3.8) is 0 Å². The van der Waals surface area contributed by atoms with Gasteiger partial charge in [0.25, 0.3) is 0 Å². The van der Waals surface area contributed by atoms with Gasteiger partial charge in [-0.3, -0.25) is 4.99 Å². The van der Waals surface area contributed by atoms with E-state index in [2.05, 4.69) is 37.2 Å². The molecule has 0 atom stereocenters. The van der Waals surface area contributed by atoms with E-state index in [9.17, 15) is 8.42 Å². The lowest BCUT2D eigenvalue weighted by Crippen LogP contribution is -2.54. The van der Waals surface area contributed by atoms with E-state index in [0.717, 1.165) is 18.9 Å². The van der Waals surface area contributed by atoms with Crippen LogP contribution in [0.15, 0.2) is 38.7 Å². The van der Waals surface area contributed by atoms with Crippen molar-refractivity contribution >= 4 is 51.3 Å². The standard InChI is InChI=1S/C16H23N5O3S2.HI/c1-17-16(18-5-2-14-4-11-25-12-14)20-6-8-21(9-7-20)26(22,23)13-15-3-10-24-19-15;/h3-4,10-12H,2,5-9,13H2,1H3,(H,17,18);1H. The van der Waals surface area contributed by atoms with Gasteiger partial charge in [-0.2, -0.15) is 15.6 Å². The number of sulfonamides is 1. The van der Waals surface area contributed by atoms with Gasteiger partial charge in [0, 0.05) is 45.8 Å². The van der Waals surface area contributed by atoms with Crippen molar-refractivity contribution in [3.8, 4) is 0 Å². The highest BCUT2D eigenvalue weighted by Gasteiger charge is 2.28. The number of guanidine groups is 1. The summed E-state index contributed by atoms with van der Waals surface area (Å²) in [6.07, 6.45) is 2.32. The highest BCUT2D eigenvalue weighted by molar-refractivity contribution is 14.0. The Balaban J connectivity index is 0.00000261. The molecule has 1 N–H and O–H groups in total. The minimum Gasteiger partial charge on any atom is -0.364 e. The Morgan fingerprint density at radius 3 is 2.70 bits per heavy atom. The first kappa shape index (κ1) is 22.1. The molecule has 0 spiro atoms. The topological polar surface area (TPSA) is 91.0 Å². The maximum atomic E-state index is 12.5. The van der Waals surface area contributed by atoms with Gasteiger partial charge in [0.05, 0.1) is 5.69 Å². The number of hydrogen-bond donors (Lipinski definition) is 1. The lowest BCUT2D eigenvalue weighted by molar-refractivity contribution is 0.260. The zero-order valence-electron chi connectivity index (χ0n) is 15.1. The highest BCUT2D eigenvalue weighted by atomic mass is 127. The third-order valence-electron chi connectivity index (χ3n) is 4.24. The summed E-state index contributed by atoms with van der Waals surface area (Å²) in [7, 11) is -1.63. The first-order chi connectivity index (χ1) is 12.6. The average Bonchev–Trinajstić information content (AvgIpc) is 3.33. The van der Waals surface area contributed by atoms with Crippen LogP contribution < -0.4 is 5.32 Å². The van der Waals surface area contributed by atoms with Gasteiger partial charge in [-0.05, 0) is 28.8 Å². The van der Waals surface area contributed by atoms with Crippen LogP contribution in [0.25, 0.3) is 0 Å². The summed E-state index contributed by atoms with van der Waals surface area (Å²) in [6.45, 7) is 2.89. The summed E-state index contributed by atoms with van der Waals surface area (Å²) in [5.41, 5.74) is 1.74. The monoisotopic (exact) mass is 525 g/mol. The van der Waals surface area contributed by atoms with Gasteiger partial charge < -0.3 is 14.7 Å². The molecule has 3 heterocycles. The number of thiophene rings is 1. The minimum absolute atomic E-state index is 0. The Morgan fingerprint density at radius 2 is 2.11 bits per heavy atom. The Hall–Kier alpha value is -1.18. The summed E-state index contributed by atoms with van der Waals surface area (Å²) in [5.74, 6) is 0.686. The number of aromatic nitrogens is 1. The zero-order chi connectivity index (χ0) is 18.4. The summed E-state index contributed by atoms with van der Waals surface area (Å²) in [5, 5.41) is 11.3. The molecular weight excluding hydrogens is 501 g/mol. The van der Waals surface area contributed by atoms with Crippen LogP contribution in [0.5, 0.6) is 0 Å². The van der Waals surface area contributed by atoms with Crippen LogP contribution in [0.4, 0.5) is 0 Å². The van der Waals surface area contributed by atoms with Crippen molar-refractivity contribution in [1.82, 2.24) is 19.7 Å². The number of nitrogens with zero attached hydrogens (tertiary/aromatic N) is 4. The lowest BCUT2D eigenvalue weighted by Gasteiger charge is -2.35. The van der Waals surface area contributed by atoms with Gasteiger partial charge >= 0.3 is 0 Å². The zero-order valence-corrected chi connectivity index (χ0v) is 19.0. The van der Waals surface area contributed by atoms with E-state index in [0.29, 0.717) is 31.9 Å². The Kier molecular flexibility index (Phi) is 8.51. The molecule has 1 aliphatic heterocycles. The number of halogens is 1. The SMILES string of the molecule is CN=C(NCCc1ccsc1)N1CCN(S(=O)(=O)Cc2ccon2)CC1.I. The van der Waals surface area contributed by atoms with Crippen LogP contribution in [0, 0.1) is 0 Å². The van der Waals surface area contributed by atoms with Crippen molar-refractivity contribution in [1.29, 1.82) is 0 Å². The fraction of sp³-hybridized carbons (Fsp3) is 0.500. The fourth-order valence-corrected chi connectivity index (χ4v) is 4.98. The molecule has 0 unspecified atom stereocenters. The largest absolute Gasteiger partial charge is 0.364 e. The summed E-state index contributed by atoms with van der Waals surface area (Å²) < 4.78 is 31.2. The van der Waals surface area contributed by atoms with Crippen LogP contribution in [0.3, 0.4) is 0 Å². The van der Waals surface area contributed by atoms with E-state index in [1.807, 2.05) is 0 Å². The van der Waals surface area contributed by atoms with E-state index in [1.165, 1.54) is 16.1 Å². The van der Waals surface area contributed by atoms with E-state index in [1.54, 1.807) is 24.5 Å². The molecular formula is C16H24IN5O3S2. The molecule has 0 bridgehead atoms. The third kappa shape index (κ3) is 6.16.